The van der Waals surface area contributed by atoms with Gasteiger partial charge in [0.05, 0.1) is 12.3 Å². The normalized spacial score (nSPS) is 10.5. The lowest BCUT2D eigenvalue weighted by Crippen LogP contribution is -2.34. The highest BCUT2D eigenvalue weighted by Gasteiger charge is 2.11. The summed E-state index contributed by atoms with van der Waals surface area (Å²) in [6, 6.07) is 5.57. The van der Waals surface area contributed by atoms with Crippen LogP contribution in [0, 0.1) is 13.8 Å². The first-order chi connectivity index (χ1) is 11.4. The molecule has 2 amide bonds. The summed E-state index contributed by atoms with van der Waals surface area (Å²) in [7, 11) is 1.84. The van der Waals surface area contributed by atoms with Crippen LogP contribution in [0.5, 0.6) is 0 Å². The summed E-state index contributed by atoms with van der Waals surface area (Å²) in [6.45, 7) is 3.66. The Hall–Kier alpha value is -1.87. The molecule has 1 aromatic heterocycles. The van der Waals surface area contributed by atoms with Crippen molar-refractivity contribution >= 4 is 45.2 Å². The molecule has 1 aromatic carbocycles. The van der Waals surface area contributed by atoms with Crippen molar-refractivity contribution in [2.75, 3.05) is 17.6 Å². The standard InChI is InChI=1S/C15H18BrN5O2S/c1-9-6-11(16)4-5-12(9)18-13(22)7-17-14(23)8-24-15-20-19-10(2)21(15)3/h4-6H,7-8H2,1-3H3,(H,17,23)(H,18,22). The first kappa shape index (κ1) is 18.5. The highest BCUT2D eigenvalue weighted by atomic mass is 79.9. The molecule has 0 aliphatic heterocycles. The average molecular weight is 412 g/mol. The molecule has 2 N–H and O–H groups in total. The number of aryl methyl sites for hydroxylation is 2. The Labute approximate surface area is 152 Å². The predicted octanol–water partition coefficient (Wildman–Crippen LogP) is 2.04. The van der Waals surface area contributed by atoms with Crippen LogP contribution >= 0.6 is 27.7 Å². The number of carbonyl (C=O) groups is 2. The van der Waals surface area contributed by atoms with Crippen LogP contribution < -0.4 is 10.6 Å². The summed E-state index contributed by atoms with van der Waals surface area (Å²) in [6.07, 6.45) is 0. The molecule has 0 aliphatic rings. The average Bonchev–Trinajstić information content (AvgIpc) is 2.85. The molecule has 24 heavy (non-hydrogen) atoms. The first-order valence-electron chi connectivity index (χ1n) is 7.18. The van der Waals surface area contributed by atoms with Crippen molar-refractivity contribution in [3.63, 3.8) is 0 Å². The summed E-state index contributed by atoms with van der Waals surface area (Å²) in [4.78, 5) is 23.7. The summed E-state index contributed by atoms with van der Waals surface area (Å²) in [5.41, 5.74) is 1.67. The van der Waals surface area contributed by atoms with Gasteiger partial charge in [0.1, 0.15) is 5.82 Å². The van der Waals surface area contributed by atoms with E-state index in [1.54, 1.807) is 4.57 Å². The minimum absolute atomic E-state index is 0.0766. The Morgan fingerprint density at radius 2 is 2.00 bits per heavy atom. The van der Waals surface area contributed by atoms with Gasteiger partial charge in [0.15, 0.2) is 5.16 Å². The molecule has 0 fully saturated rings. The molecule has 2 rings (SSSR count). The summed E-state index contributed by atoms with van der Waals surface area (Å²) in [5, 5.41) is 13.9. The number of nitrogens with zero attached hydrogens (tertiary/aromatic N) is 3. The zero-order valence-corrected chi connectivity index (χ0v) is 16.0. The minimum Gasteiger partial charge on any atom is -0.346 e. The lowest BCUT2D eigenvalue weighted by Gasteiger charge is -2.09. The van der Waals surface area contributed by atoms with E-state index in [1.165, 1.54) is 11.8 Å². The fraction of sp³-hybridized carbons (Fsp3) is 0.333. The molecule has 1 heterocycles. The number of rotatable bonds is 6. The molecule has 0 radical (unpaired) electrons. The second-order valence-electron chi connectivity index (χ2n) is 5.16. The number of thioether (sulfide) groups is 1. The van der Waals surface area contributed by atoms with E-state index in [1.807, 2.05) is 39.1 Å². The zero-order valence-electron chi connectivity index (χ0n) is 13.6. The van der Waals surface area contributed by atoms with Crippen LogP contribution in [0.1, 0.15) is 11.4 Å². The van der Waals surface area contributed by atoms with Crippen LogP contribution in [0.15, 0.2) is 27.8 Å². The van der Waals surface area contributed by atoms with Crippen molar-refractivity contribution in [3.05, 3.63) is 34.1 Å². The van der Waals surface area contributed by atoms with Crippen molar-refractivity contribution in [2.24, 2.45) is 7.05 Å². The molecule has 2 aromatic rings. The van der Waals surface area contributed by atoms with Crippen LogP contribution in [0.4, 0.5) is 5.69 Å². The Balaban J connectivity index is 1.76. The number of hydrogen-bond acceptors (Lipinski definition) is 5. The predicted molar refractivity (Wildman–Crippen MR) is 97.0 cm³/mol. The van der Waals surface area contributed by atoms with Crippen molar-refractivity contribution in [3.8, 4) is 0 Å². The third kappa shape index (κ3) is 5.07. The number of benzene rings is 1. The highest BCUT2D eigenvalue weighted by molar-refractivity contribution is 9.10. The summed E-state index contributed by atoms with van der Waals surface area (Å²) < 4.78 is 2.75. The lowest BCUT2D eigenvalue weighted by atomic mass is 10.2. The SMILES string of the molecule is Cc1cc(Br)ccc1NC(=O)CNC(=O)CSc1nnc(C)n1C. The van der Waals surface area contributed by atoms with E-state index in [0.717, 1.165) is 21.5 Å². The van der Waals surface area contributed by atoms with Gasteiger partial charge < -0.3 is 15.2 Å². The molecule has 0 saturated carbocycles. The molecule has 0 saturated heterocycles. The molecule has 0 spiro atoms. The van der Waals surface area contributed by atoms with Crippen LogP contribution in [-0.2, 0) is 16.6 Å². The second kappa shape index (κ2) is 8.29. The van der Waals surface area contributed by atoms with Crippen LogP contribution in [0.2, 0.25) is 0 Å². The molecule has 9 heteroatoms. The van der Waals surface area contributed by atoms with E-state index in [9.17, 15) is 9.59 Å². The third-order valence-electron chi connectivity index (χ3n) is 3.29. The smallest absolute Gasteiger partial charge is 0.243 e. The van der Waals surface area contributed by atoms with E-state index >= 15 is 0 Å². The first-order valence-corrected chi connectivity index (χ1v) is 8.96. The molecule has 0 unspecified atom stereocenters. The Morgan fingerprint density at radius 3 is 2.62 bits per heavy atom. The van der Waals surface area contributed by atoms with Gasteiger partial charge >= 0.3 is 0 Å². The monoisotopic (exact) mass is 411 g/mol. The van der Waals surface area contributed by atoms with Gasteiger partial charge in [0, 0.05) is 17.2 Å². The summed E-state index contributed by atoms with van der Waals surface area (Å²) in [5.74, 6) is 0.454. The van der Waals surface area contributed by atoms with E-state index in [-0.39, 0.29) is 24.1 Å². The van der Waals surface area contributed by atoms with E-state index in [0.29, 0.717) is 5.16 Å². The van der Waals surface area contributed by atoms with Gasteiger partial charge in [-0.3, -0.25) is 9.59 Å². The van der Waals surface area contributed by atoms with Crippen molar-refractivity contribution < 1.29 is 9.59 Å². The van der Waals surface area contributed by atoms with E-state index < -0.39 is 0 Å². The van der Waals surface area contributed by atoms with E-state index in [4.69, 9.17) is 0 Å². The Morgan fingerprint density at radius 1 is 1.25 bits per heavy atom. The van der Waals surface area contributed by atoms with Crippen LogP contribution in [-0.4, -0.2) is 38.9 Å². The highest BCUT2D eigenvalue weighted by Crippen LogP contribution is 2.19. The van der Waals surface area contributed by atoms with Crippen molar-refractivity contribution in [2.45, 2.75) is 19.0 Å². The maximum absolute atomic E-state index is 11.9. The fourth-order valence-corrected chi connectivity index (χ4v) is 3.10. The number of nitrogens with one attached hydrogen (secondary N) is 2. The number of halogens is 1. The number of aromatic nitrogens is 3. The number of carbonyl (C=O) groups excluding carboxylic acids is 2. The molecule has 7 nitrogen and oxygen atoms in total. The molecule has 128 valence electrons. The number of amides is 2. The quantitative estimate of drug-likeness (QED) is 0.709. The Bertz CT molecular complexity index is 762. The van der Waals surface area contributed by atoms with Gasteiger partial charge in [0.25, 0.3) is 0 Å². The van der Waals surface area contributed by atoms with E-state index in [2.05, 4.69) is 36.8 Å². The molecule has 0 atom stereocenters. The van der Waals surface area contributed by atoms with Gasteiger partial charge in [-0.25, -0.2) is 0 Å². The fourth-order valence-electron chi connectivity index (χ4n) is 1.84. The number of hydrogen-bond donors (Lipinski definition) is 2. The second-order valence-corrected chi connectivity index (χ2v) is 7.02. The maximum atomic E-state index is 11.9. The third-order valence-corrected chi connectivity index (χ3v) is 4.81. The molecular formula is C15H18BrN5O2S. The van der Waals surface area contributed by atoms with Gasteiger partial charge in [-0.2, -0.15) is 0 Å². The zero-order chi connectivity index (χ0) is 17.7. The largest absolute Gasteiger partial charge is 0.346 e. The summed E-state index contributed by atoms with van der Waals surface area (Å²) >= 11 is 4.65. The number of anilines is 1. The molecule has 0 aliphatic carbocycles. The topological polar surface area (TPSA) is 88.9 Å². The maximum Gasteiger partial charge on any atom is 0.243 e. The van der Waals surface area contributed by atoms with Gasteiger partial charge in [-0.1, -0.05) is 27.7 Å². The van der Waals surface area contributed by atoms with Gasteiger partial charge in [0.2, 0.25) is 11.8 Å². The lowest BCUT2D eigenvalue weighted by molar-refractivity contribution is -0.122. The van der Waals surface area contributed by atoms with Gasteiger partial charge in [-0.15, -0.1) is 10.2 Å². The van der Waals surface area contributed by atoms with Gasteiger partial charge in [-0.05, 0) is 37.6 Å². The Kier molecular flexibility index (Phi) is 6.38. The molecular weight excluding hydrogens is 394 g/mol. The van der Waals surface area contributed by atoms with Crippen molar-refractivity contribution in [1.29, 1.82) is 0 Å². The minimum atomic E-state index is -0.270. The molecule has 0 bridgehead atoms. The van der Waals surface area contributed by atoms with Crippen LogP contribution in [0.25, 0.3) is 0 Å². The van der Waals surface area contributed by atoms with Crippen molar-refractivity contribution in [1.82, 2.24) is 20.1 Å². The van der Waals surface area contributed by atoms with Crippen LogP contribution in [0.3, 0.4) is 0 Å².